The maximum atomic E-state index is 2.58. The average molecular weight is 724 g/mol. The minimum absolute atomic E-state index is 0.401. The second kappa shape index (κ2) is 11.5. The van der Waals surface area contributed by atoms with E-state index in [0.29, 0.717) is 0 Å². The van der Waals surface area contributed by atoms with Crippen molar-refractivity contribution in [3.8, 4) is 44.5 Å². The van der Waals surface area contributed by atoms with E-state index in [1.165, 1.54) is 117 Å². The summed E-state index contributed by atoms with van der Waals surface area (Å²) in [7, 11) is 0. The maximum absolute atomic E-state index is 2.58. The predicted molar refractivity (Wildman–Crippen MR) is 235 cm³/mol. The van der Waals surface area contributed by atoms with Crippen LogP contribution in [0.15, 0.2) is 188 Å². The fourth-order valence-electron chi connectivity index (χ4n) is 11.2. The summed E-state index contributed by atoms with van der Waals surface area (Å²) in [5.41, 5.74) is 25.4. The number of nitrogens with zero attached hydrogens (tertiary/aromatic N) is 1. The van der Waals surface area contributed by atoms with Crippen LogP contribution in [0.1, 0.15) is 50.1 Å². The molecule has 0 amide bonds. The van der Waals surface area contributed by atoms with E-state index < -0.39 is 5.41 Å². The second-order valence-corrected chi connectivity index (χ2v) is 16.4. The standard InChI is InChI=1S/C56H37N/c1-2-13-36-33-54-50(32-35(36)12-1)48-19-7-9-21-51(48)56(54)52-22-10-8-20-49(52)55-39(16-11-23-53(55)56)34-57(42-24-26-46-40(30-42)28-37-14-3-5-17-44(37)46)43-25-27-47-41(31-43)29-38-15-4-6-18-45(38)47/h1-27,30-33H,28-29,34H2. The second-order valence-electron chi connectivity index (χ2n) is 16.4. The molecule has 1 nitrogen and oxygen atoms in total. The van der Waals surface area contributed by atoms with Gasteiger partial charge in [0.15, 0.2) is 0 Å². The number of fused-ring (bicyclic) bond motifs is 17. The van der Waals surface area contributed by atoms with E-state index in [2.05, 4.69) is 193 Å². The number of benzene rings is 9. The van der Waals surface area contributed by atoms with E-state index in [9.17, 15) is 0 Å². The van der Waals surface area contributed by atoms with Gasteiger partial charge < -0.3 is 4.90 Å². The maximum Gasteiger partial charge on any atom is 0.0725 e. The van der Waals surface area contributed by atoms with Crippen LogP contribution in [0.3, 0.4) is 0 Å². The number of hydrogen-bond donors (Lipinski definition) is 0. The quantitative estimate of drug-likeness (QED) is 0.175. The van der Waals surface area contributed by atoms with Crippen LogP contribution in [0.4, 0.5) is 11.4 Å². The van der Waals surface area contributed by atoms with Crippen LogP contribution in [-0.2, 0) is 24.8 Å². The van der Waals surface area contributed by atoms with E-state index >= 15 is 0 Å². The number of rotatable bonds is 4. The van der Waals surface area contributed by atoms with Crippen LogP contribution in [0.5, 0.6) is 0 Å². The van der Waals surface area contributed by atoms with E-state index in [4.69, 9.17) is 0 Å². The molecule has 0 bridgehead atoms. The van der Waals surface area contributed by atoms with Crippen molar-refractivity contribution in [2.45, 2.75) is 24.8 Å². The van der Waals surface area contributed by atoms with Crippen molar-refractivity contribution in [2.24, 2.45) is 0 Å². The first-order valence-corrected chi connectivity index (χ1v) is 20.3. The molecule has 1 spiro atoms. The molecule has 9 aromatic rings. The van der Waals surface area contributed by atoms with Crippen LogP contribution in [0.2, 0.25) is 0 Å². The molecule has 0 saturated heterocycles. The van der Waals surface area contributed by atoms with Crippen LogP contribution >= 0.6 is 0 Å². The zero-order chi connectivity index (χ0) is 37.2. The third-order valence-corrected chi connectivity index (χ3v) is 13.6. The minimum atomic E-state index is -0.401. The highest BCUT2D eigenvalue weighted by atomic mass is 15.1. The van der Waals surface area contributed by atoms with Crippen molar-refractivity contribution in [1.82, 2.24) is 0 Å². The summed E-state index contributed by atoms with van der Waals surface area (Å²) >= 11 is 0. The van der Waals surface area contributed by atoms with Gasteiger partial charge in [-0.1, -0.05) is 152 Å². The number of anilines is 2. The summed E-state index contributed by atoms with van der Waals surface area (Å²) < 4.78 is 0. The molecule has 0 N–H and O–H groups in total. The monoisotopic (exact) mass is 723 g/mol. The van der Waals surface area contributed by atoms with Gasteiger partial charge in [-0.2, -0.15) is 0 Å². The third kappa shape index (κ3) is 4.24. The Balaban J connectivity index is 1.02. The molecule has 4 aliphatic rings. The van der Waals surface area contributed by atoms with E-state index in [1.54, 1.807) is 0 Å². The Morgan fingerprint density at radius 1 is 0.351 bits per heavy atom. The lowest BCUT2D eigenvalue weighted by molar-refractivity contribution is 0.793. The smallest absolute Gasteiger partial charge is 0.0725 e. The Kier molecular flexibility index (Phi) is 6.33. The lowest BCUT2D eigenvalue weighted by atomic mass is 9.70. The zero-order valence-corrected chi connectivity index (χ0v) is 31.5. The van der Waals surface area contributed by atoms with Crippen LogP contribution in [-0.4, -0.2) is 0 Å². The van der Waals surface area contributed by atoms with Gasteiger partial charge in [0.2, 0.25) is 0 Å². The average Bonchev–Trinajstić information content (AvgIpc) is 3.99. The highest BCUT2D eigenvalue weighted by Crippen LogP contribution is 2.64. The number of hydrogen-bond acceptors (Lipinski definition) is 1. The first kappa shape index (κ1) is 31.3. The Labute approximate surface area is 333 Å². The fraction of sp³-hybridized carbons (Fsp3) is 0.0714. The van der Waals surface area contributed by atoms with Gasteiger partial charge in [-0.05, 0) is 155 Å². The molecule has 0 aromatic heterocycles. The molecule has 1 atom stereocenters. The van der Waals surface area contributed by atoms with Crippen molar-refractivity contribution < 1.29 is 0 Å². The largest absolute Gasteiger partial charge is 0.337 e. The van der Waals surface area contributed by atoms with Gasteiger partial charge in [-0.15, -0.1) is 0 Å². The van der Waals surface area contributed by atoms with Crippen molar-refractivity contribution in [2.75, 3.05) is 4.90 Å². The molecule has 9 aromatic carbocycles. The molecule has 4 aliphatic carbocycles. The molecule has 13 rings (SSSR count). The summed E-state index contributed by atoms with van der Waals surface area (Å²) in [6.45, 7) is 0.747. The zero-order valence-electron chi connectivity index (χ0n) is 31.5. The van der Waals surface area contributed by atoms with Crippen LogP contribution in [0, 0.1) is 0 Å². The van der Waals surface area contributed by atoms with Gasteiger partial charge in [-0.3, -0.25) is 0 Å². The molecule has 57 heavy (non-hydrogen) atoms. The Hall–Kier alpha value is -6.96. The lowest BCUT2D eigenvalue weighted by Crippen LogP contribution is -2.26. The molecule has 0 fully saturated rings. The Bertz CT molecular complexity index is 3090. The molecule has 1 unspecified atom stereocenters. The molecule has 0 radical (unpaired) electrons. The summed E-state index contributed by atoms with van der Waals surface area (Å²) in [6, 6.07) is 71.5. The fourth-order valence-corrected chi connectivity index (χ4v) is 11.2. The van der Waals surface area contributed by atoms with E-state index in [-0.39, 0.29) is 0 Å². The highest BCUT2D eigenvalue weighted by Gasteiger charge is 2.52. The van der Waals surface area contributed by atoms with Gasteiger partial charge in [-0.25, -0.2) is 0 Å². The molecule has 0 heterocycles. The predicted octanol–water partition coefficient (Wildman–Crippen LogP) is 13.7. The molecular formula is C56H37N. The van der Waals surface area contributed by atoms with Gasteiger partial charge in [0, 0.05) is 17.9 Å². The van der Waals surface area contributed by atoms with Gasteiger partial charge >= 0.3 is 0 Å². The topological polar surface area (TPSA) is 3.24 Å². The van der Waals surface area contributed by atoms with Crippen LogP contribution in [0.25, 0.3) is 55.3 Å². The Morgan fingerprint density at radius 2 is 0.860 bits per heavy atom. The minimum Gasteiger partial charge on any atom is -0.337 e. The first-order chi connectivity index (χ1) is 28.2. The van der Waals surface area contributed by atoms with E-state index in [0.717, 1.165) is 19.4 Å². The third-order valence-electron chi connectivity index (χ3n) is 13.6. The summed E-state index contributed by atoms with van der Waals surface area (Å²) in [4.78, 5) is 2.58. The van der Waals surface area contributed by atoms with Gasteiger partial charge in [0.05, 0.1) is 5.41 Å². The molecule has 0 aliphatic heterocycles. The highest BCUT2D eigenvalue weighted by molar-refractivity contribution is 6.00. The van der Waals surface area contributed by atoms with Crippen molar-refractivity contribution >= 4 is 22.1 Å². The summed E-state index contributed by atoms with van der Waals surface area (Å²) in [5, 5.41) is 2.57. The SMILES string of the molecule is c1ccc2c(c1)Cc1cc(N(Cc3cccc4c3-c3ccccc3C43c4ccccc4-c4cc5ccccc5cc43)c3ccc4c(c3)Cc3ccccc3-4)ccc1-2. The van der Waals surface area contributed by atoms with Crippen molar-refractivity contribution in [3.63, 3.8) is 0 Å². The van der Waals surface area contributed by atoms with Crippen molar-refractivity contribution in [1.29, 1.82) is 0 Å². The lowest BCUT2D eigenvalue weighted by Gasteiger charge is -2.31. The normalized spacial score (nSPS) is 15.7. The van der Waals surface area contributed by atoms with E-state index in [1.807, 2.05) is 0 Å². The van der Waals surface area contributed by atoms with Gasteiger partial charge in [0.25, 0.3) is 0 Å². The molecule has 1 heteroatoms. The summed E-state index contributed by atoms with van der Waals surface area (Å²) in [6.07, 6.45) is 1.94. The molecule has 0 saturated carbocycles. The first-order valence-electron chi connectivity index (χ1n) is 20.3. The Morgan fingerprint density at radius 3 is 1.53 bits per heavy atom. The molecule has 266 valence electrons. The molecular weight excluding hydrogens is 687 g/mol. The van der Waals surface area contributed by atoms with Crippen molar-refractivity contribution in [3.05, 3.63) is 238 Å². The van der Waals surface area contributed by atoms with Gasteiger partial charge in [0.1, 0.15) is 0 Å². The van der Waals surface area contributed by atoms with Crippen LogP contribution < -0.4 is 4.90 Å². The summed E-state index contributed by atoms with van der Waals surface area (Å²) in [5.74, 6) is 0.